The third kappa shape index (κ3) is 6.49. The fourth-order valence-corrected chi connectivity index (χ4v) is 7.01. The highest BCUT2D eigenvalue weighted by Gasteiger charge is 2.17. The quantitative estimate of drug-likeness (QED) is 0.162. The van der Waals surface area contributed by atoms with E-state index >= 15 is 0 Å². The zero-order chi connectivity index (χ0) is 35.4. The van der Waals surface area contributed by atoms with Gasteiger partial charge in [-0.05, 0) is 105 Å². The van der Waals surface area contributed by atoms with Crippen molar-refractivity contribution in [1.29, 1.82) is 5.26 Å². The van der Waals surface area contributed by atoms with E-state index in [1.165, 1.54) is 27.5 Å². The number of nitrogens with zero attached hydrogens (tertiary/aromatic N) is 4. The number of aryl methyl sites for hydroxylation is 1. The van der Waals surface area contributed by atoms with Crippen LogP contribution in [0.25, 0.3) is 78.3 Å². The van der Waals surface area contributed by atoms with E-state index in [2.05, 4.69) is 92.7 Å². The van der Waals surface area contributed by atoms with Gasteiger partial charge in [-0.25, -0.2) is 15.0 Å². The molecule has 52 heavy (non-hydrogen) atoms. The Morgan fingerprint density at radius 3 is 1.54 bits per heavy atom. The molecule has 1 heterocycles. The van der Waals surface area contributed by atoms with E-state index in [-0.39, 0.29) is 0 Å². The molecule has 1 aromatic heterocycles. The zero-order valence-electron chi connectivity index (χ0n) is 29.2. The van der Waals surface area contributed by atoms with Gasteiger partial charge in [-0.1, -0.05) is 135 Å². The molecule has 0 aliphatic carbocycles. The van der Waals surface area contributed by atoms with Crippen LogP contribution in [0.1, 0.15) is 30.0 Å². The van der Waals surface area contributed by atoms with Crippen LogP contribution in [0.2, 0.25) is 0 Å². The lowest BCUT2D eigenvalue weighted by molar-refractivity contribution is 0.921. The van der Waals surface area contributed by atoms with Crippen LogP contribution in [0, 0.1) is 18.3 Å². The van der Waals surface area contributed by atoms with Crippen LogP contribution in [0.3, 0.4) is 0 Å². The van der Waals surface area contributed by atoms with Crippen molar-refractivity contribution in [3.63, 3.8) is 0 Å². The van der Waals surface area contributed by atoms with E-state index in [0.717, 1.165) is 57.3 Å². The average molecular weight is 669 g/mol. The second-order valence-corrected chi connectivity index (χ2v) is 13.1. The van der Waals surface area contributed by atoms with Crippen molar-refractivity contribution in [3.05, 3.63) is 174 Å². The van der Waals surface area contributed by atoms with Crippen molar-refractivity contribution >= 4 is 10.8 Å². The molecule has 0 bridgehead atoms. The molecule has 0 N–H and O–H groups in total. The maximum atomic E-state index is 9.27. The summed E-state index contributed by atoms with van der Waals surface area (Å²) in [5, 5.41) is 11.8. The van der Waals surface area contributed by atoms with Gasteiger partial charge in [-0.15, -0.1) is 0 Å². The third-order valence-electron chi connectivity index (χ3n) is 9.71. The highest BCUT2D eigenvalue weighted by molar-refractivity contribution is 5.94. The molecule has 0 fully saturated rings. The molecule has 4 heteroatoms. The molecule has 0 aliphatic rings. The molecule has 0 saturated carbocycles. The Kier molecular flexibility index (Phi) is 8.92. The number of aromatic nitrogens is 3. The van der Waals surface area contributed by atoms with Gasteiger partial charge in [0.1, 0.15) is 0 Å². The lowest BCUT2D eigenvalue weighted by Crippen LogP contribution is -2.01. The Hall–Kier alpha value is -6.70. The molecular formula is C48H36N4. The Morgan fingerprint density at radius 2 is 0.962 bits per heavy atom. The molecule has 248 valence electrons. The topological polar surface area (TPSA) is 62.5 Å². The summed E-state index contributed by atoms with van der Waals surface area (Å²) in [6, 6.07) is 56.6. The normalized spacial score (nSPS) is 11.0. The summed E-state index contributed by atoms with van der Waals surface area (Å²) in [6.07, 6.45) is 2.08. The number of benzene rings is 7. The van der Waals surface area contributed by atoms with Gasteiger partial charge < -0.3 is 0 Å². The SMILES string of the molecule is CCCc1c(C)c(-c2cc(-c3ccc(-c4ccc(C#N)cc4)cc3)cc(-c3nc(-c4ccccc4)nc(-c4ccccc4)n3)c2)cc2ccccc12. The summed E-state index contributed by atoms with van der Waals surface area (Å²) >= 11 is 0. The molecule has 0 amide bonds. The van der Waals surface area contributed by atoms with E-state index < -0.39 is 0 Å². The maximum absolute atomic E-state index is 9.27. The summed E-state index contributed by atoms with van der Waals surface area (Å²) in [6.45, 7) is 4.51. The summed E-state index contributed by atoms with van der Waals surface area (Å²) in [4.78, 5) is 15.2. The molecule has 4 nitrogen and oxygen atoms in total. The molecular weight excluding hydrogens is 633 g/mol. The summed E-state index contributed by atoms with van der Waals surface area (Å²) < 4.78 is 0. The Labute approximate surface area is 304 Å². The average Bonchev–Trinajstić information content (AvgIpc) is 3.22. The van der Waals surface area contributed by atoms with E-state index in [9.17, 15) is 5.26 Å². The van der Waals surface area contributed by atoms with Crippen LogP contribution < -0.4 is 0 Å². The van der Waals surface area contributed by atoms with E-state index in [4.69, 9.17) is 15.0 Å². The molecule has 8 aromatic rings. The highest BCUT2D eigenvalue weighted by atomic mass is 15.0. The first-order chi connectivity index (χ1) is 25.6. The van der Waals surface area contributed by atoms with Gasteiger partial charge in [0.05, 0.1) is 11.6 Å². The van der Waals surface area contributed by atoms with Crippen molar-refractivity contribution in [3.8, 4) is 73.6 Å². The van der Waals surface area contributed by atoms with Crippen LogP contribution in [0.4, 0.5) is 0 Å². The molecule has 0 spiro atoms. The zero-order valence-corrected chi connectivity index (χ0v) is 29.2. The monoisotopic (exact) mass is 668 g/mol. The van der Waals surface area contributed by atoms with Gasteiger partial charge in [0, 0.05) is 16.7 Å². The predicted octanol–water partition coefficient (Wildman–Crippen LogP) is 12.2. The number of hydrogen-bond donors (Lipinski definition) is 0. The van der Waals surface area contributed by atoms with Crippen LogP contribution in [0.15, 0.2) is 158 Å². The first-order valence-electron chi connectivity index (χ1n) is 17.7. The van der Waals surface area contributed by atoms with Gasteiger partial charge in [0.15, 0.2) is 17.5 Å². The minimum atomic E-state index is 0.622. The second kappa shape index (κ2) is 14.3. The minimum absolute atomic E-state index is 0.622. The lowest BCUT2D eigenvalue weighted by Gasteiger charge is -2.17. The largest absolute Gasteiger partial charge is 0.208 e. The Morgan fingerprint density at radius 1 is 0.481 bits per heavy atom. The van der Waals surface area contributed by atoms with Gasteiger partial charge in [0.2, 0.25) is 0 Å². The second-order valence-electron chi connectivity index (χ2n) is 13.1. The molecule has 0 aliphatic heterocycles. The lowest BCUT2D eigenvalue weighted by atomic mass is 9.87. The Bertz CT molecular complexity index is 2510. The van der Waals surface area contributed by atoms with Gasteiger partial charge in [-0.3, -0.25) is 0 Å². The van der Waals surface area contributed by atoms with Gasteiger partial charge in [-0.2, -0.15) is 5.26 Å². The van der Waals surface area contributed by atoms with Crippen LogP contribution >= 0.6 is 0 Å². The molecule has 7 aromatic carbocycles. The van der Waals surface area contributed by atoms with Crippen molar-refractivity contribution in [2.24, 2.45) is 0 Å². The Balaban J connectivity index is 1.34. The minimum Gasteiger partial charge on any atom is -0.208 e. The van der Waals surface area contributed by atoms with Crippen LogP contribution in [0.5, 0.6) is 0 Å². The van der Waals surface area contributed by atoms with E-state index in [1.54, 1.807) is 0 Å². The van der Waals surface area contributed by atoms with E-state index in [0.29, 0.717) is 23.0 Å². The molecule has 0 radical (unpaired) electrons. The smallest absolute Gasteiger partial charge is 0.164 e. The first-order valence-corrected chi connectivity index (χ1v) is 17.7. The number of hydrogen-bond acceptors (Lipinski definition) is 4. The standard InChI is InChI=1S/C48H36N4/c1-3-12-43-32(2)45(30-39-17-10-11-18-44(39)43)41-27-40(36-25-23-35(24-26-36)34-21-19-33(31-49)20-22-34)28-42(29-41)48-51-46(37-13-6-4-7-14-37)50-47(52-48)38-15-8-5-9-16-38/h4-11,13-30H,3,12H2,1-2H3. The maximum Gasteiger partial charge on any atom is 0.164 e. The molecule has 8 rings (SSSR count). The summed E-state index contributed by atoms with van der Waals surface area (Å²) in [7, 11) is 0. The van der Waals surface area contributed by atoms with Gasteiger partial charge in [0.25, 0.3) is 0 Å². The van der Waals surface area contributed by atoms with Crippen molar-refractivity contribution in [2.45, 2.75) is 26.7 Å². The number of nitriles is 1. The van der Waals surface area contributed by atoms with Crippen LogP contribution in [-0.2, 0) is 6.42 Å². The first kappa shape index (κ1) is 32.5. The van der Waals surface area contributed by atoms with Crippen molar-refractivity contribution in [1.82, 2.24) is 15.0 Å². The number of fused-ring (bicyclic) bond motifs is 1. The molecule has 0 saturated heterocycles. The van der Waals surface area contributed by atoms with E-state index in [1.807, 2.05) is 84.9 Å². The molecule has 0 atom stereocenters. The van der Waals surface area contributed by atoms with Crippen LogP contribution in [-0.4, -0.2) is 15.0 Å². The van der Waals surface area contributed by atoms with Gasteiger partial charge >= 0.3 is 0 Å². The fraction of sp³-hybridized carbons (Fsp3) is 0.0833. The predicted molar refractivity (Wildman–Crippen MR) is 213 cm³/mol. The summed E-state index contributed by atoms with van der Waals surface area (Å²) in [5.74, 6) is 1.89. The van der Waals surface area contributed by atoms with Crippen molar-refractivity contribution in [2.75, 3.05) is 0 Å². The third-order valence-corrected chi connectivity index (χ3v) is 9.71. The van der Waals surface area contributed by atoms with Crippen molar-refractivity contribution < 1.29 is 0 Å². The summed E-state index contributed by atoms with van der Waals surface area (Å²) in [5.41, 5.74) is 12.8. The highest BCUT2D eigenvalue weighted by Crippen LogP contribution is 2.38. The molecule has 0 unspecified atom stereocenters. The fourth-order valence-electron chi connectivity index (χ4n) is 7.01. The number of rotatable bonds is 8.